The molecule has 0 N–H and O–H groups in total. The van der Waals surface area contributed by atoms with Gasteiger partial charge < -0.3 is 4.74 Å². The first-order chi connectivity index (χ1) is 18.6. The molecule has 6 rings (SSSR count). The standard InChI is InChI=1S/C33H30N2O3/c1-3-7-26-28-19-25(35-37)15-11-23(28)13-17-30(26)33(20-38-32-9-6-4-5-8-31(32)33)29-16-12-22-10-14-24(34-36)18-27(22)21(29)2/h4,6,8-9,11-13,15-19H,3,5,7,10,14,20H2,1-2H3. The lowest BCUT2D eigenvalue weighted by molar-refractivity contribution is 0.237. The van der Waals surface area contributed by atoms with Gasteiger partial charge in [0, 0.05) is 5.57 Å². The molecule has 38 heavy (non-hydrogen) atoms. The molecule has 3 aliphatic rings. The molecule has 2 aliphatic carbocycles. The highest BCUT2D eigenvalue weighted by Crippen LogP contribution is 2.52. The Bertz CT molecular complexity index is 1610. The molecule has 0 radical (unpaired) electrons. The van der Waals surface area contributed by atoms with Crippen LogP contribution in [-0.4, -0.2) is 6.61 Å². The zero-order valence-electron chi connectivity index (χ0n) is 21.8. The van der Waals surface area contributed by atoms with E-state index in [0.717, 1.165) is 53.3 Å². The summed E-state index contributed by atoms with van der Waals surface area (Å²) < 4.78 is 6.48. The summed E-state index contributed by atoms with van der Waals surface area (Å²) >= 11 is 0. The Morgan fingerprint density at radius 1 is 1.00 bits per heavy atom. The van der Waals surface area contributed by atoms with Crippen molar-refractivity contribution < 1.29 is 4.74 Å². The van der Waals surface area contributed by atoms with Crippen molar-refractivity contribution in [3.05, 3.63) is 127 Å². The molecule has 0 aromatic heterocycles. The van der Waals surface area contributed by atoms with E-state index in [1.165, 1.54) is 27.8 Å². The van der Waals surface area contributed by atoms with Crippen LogP contribution in [0.5, 0.6) is 0 Å². The minimum Gasteiger partial charge on any atom is -0.492 e. The van der Waals surface area contributed by atoms with Gasteiger partial charge in [0.05, 0.1) is 11.1 Å². The van der Waals surface area contributed by atoms with Crippen LogP contribution in [0.25, 0.3) is 16.8 Å². The third kappa shape index (κ3) is 3.68. The Labute approximate surface area is 222 Å². The number of hydrogen-bond donors (Lipinski definition) is 0. The van der Waals surface area contributed by atoms with Crippen molar-refractivity contribution in [1.29, 1.82) is 0 Å². The molecule has 0 amide bonds. The monoisotopic (exact) mass is 502 g/mol. The van der Waals surface area contributed by atoms with Gasteiger partial charge in [-0.3, -0.25) is 0 Å². The van der Waals surface area contributed by atoms with E-state index in [1.54, 1.807) is 6.07 Å². The van der Waals surface area contributed by atoms with Crippen molar-refractivity contribution in [3.8, 4) is 0 Å². The SMILES string of the molecule is CCCc1c(C2(c3ccc4c(c3C)C=C(N=O)CC4)COC3=CC=CCC=C32)ccc2ccc(N=O)cc12. The highest BCUT2D eigenvalue weighted by Gasteiger charge is 2.48. The fraction of sp³-hybridized carbons (Fsp3) is 0.273. The average molecular weight is 503 g/mol. The van der Waals surface area contributed by atoms with Crippen molar-refractivity contribution in [3.63, 3.8) is 0 Å². The number of ether oxygens (including phenoxy) is 1. The first-order valence-electron chi connectivity index (χ1n) is 13.4. The summed E-state index contributed by atoms with van der Waals surface area (Å²) in [6.07, 6.45) is 14.7. The lowest BCUT2D eigenvalue weighted by Crippen LogP contribution is -2.33. The summed E-state index contributed by atoms with van der Waals surface area (Å²) in [4.78, 5) is 22.9. The summed E-state index contributed by atoms with van der Waals surface area (Å²) in [6, 6.07) is 14.6. The molecule has 190 valence electrons. The summed E-state index contributed by atoms with van der Waals surface area (Å²) in [5.41, 5.74) is 8.75. The largest absolute Gasteiger partial charge is 0.492 e. The minimum absolute atomic E-state index is 0.436. The van der Waals surface area contributed by atoms with E-state index < -0.39 is 5.41 Å². The van der Waals surface area contributed by atoms with Gasteiger partial charge in [0.25, 0.3) is 0 Å². The number of allylic oxidation sites excluding steroid dienone is 6. The van der Waals surface area contributed by atoms with Crippen LogP contribution < -0.4 is 0 Å². The van der Waals surface area contributed by atoms with Crippen molar-refractivity contribution in [2.45, 2.75) is 51.4 Å². The molecule has 3 aromatic carbocycles. The van der Waals surface area contributed by atoms with Crippen LogP contribution in [0, 0.1) is 16.7 Å². The van der Waals surface area contributed by atoms with Gasteiger partial charge in [-0.2, -0.15) is 0 Å². The van der Waals surface area contributed by atoms with E-state index in [0.29, 0.717) is 24.4 Å². The number of rotatable bonds is 6. The maximum Gasteiger partial charge on any atom is 0.123 e. The first kappa shape index (κ1) is 24.2. The van der Waals surface area contributed by atoms with E-state index in [4.69, 9.17) is 4.74 Å². The maximum absolute atomic E-state index is 11.5. The average Bonchev–Trinajstić information content (AvgIpc) is 3.13. The van der Waals surface area contributed by atoms with Gasteiger partial charge in [-0.1, -0.05) is 61.9 Å². The Balaban J connectivity index is 1.70. The smallest absolute Gasteiger partial charge is 0.123 e. The molecule has 0 saturated carbocycles. The van der Waals surface area contributed by atoms with Crippen molar-refractivity contribution >= 4 is 22.5 Å². The molecule has 0 spiro atoms. The Kier molecular flexibility index (Phi) is 6.15. The highest BCUT2D eigenvalue weighted by atomic mass is 16.5. The minimum atomic E-state index is -0.541. The predicted octanol–water partition coefficient (Wildman–Crippen LogP) is 8.64. The molecule has 1 atom stereocenters. The summed E-state index contributed by atoms with van der Waals surface area (Å²) in [6.45, 7) is 4.83. The second-order valence-corrected chi connectivity index (χ2v) is 10.4. The van der Waals surface area contributed by atoms with Gasteiger partial charge in [0.1, 0.15) is 18.1 Å². The lowest BCUT2D eigenvalue weighted by Gasteiger charge is -2.35. The lowest BCUT2D eigenvalue weighted by atomic mass is 9.65. The molecule has 5 heteroatoms. The van der Waals surface area contributed by atoms with Crippen LogP contribution in [0.2, 0.25) is 0 Å². The number of nitroso groups, excluding NO2 is 2. The zero-order valence-corrected chi connectivity index (χ0v) is 21.8. The van der Waals surface area contributed by atoms with Crippen LogP contribution in [0.4, 0.5) is 5.69 Å². The zero-order chi connectivity index (χ0) is 26.3. The van der Waals surface area contributed by atoms with Crippen molar-refractivity contribution in [2.24, 2.45) is 10.4 Å². The Hall–Kier alpha value is -4.12. The van der Waals surface area contributed by atoms with Crippen molar-refractivity contribution in [2.75, 3.05) is 6.61 Å². The van der Waals surface area contributed by atoms with E-state index in [1.807, 2.05) is 18.2 Å². The van der Waals surface area contributed by atoms with Crippen LogP contribution in [-0.2, 0) is 23.0 Å². The van der Waals surface area contributed by atoms with Crippen LogP contribution >= 0.6 is 0 Å². The van der Waals surface area contributed by atoms with Crippen LogP contribution in [0.15, 0.2) is 94.2 Å². The molecule has 5 nitrogen and oxygen atoms in total. The fourth-order valence-corrected chi connectivity index (χ4v) is 6.56. The number of nitrogens with zero attached hydrogens (tertiary/aromatic N) is 2. The Morgan fingerprint density at radius 3 is 2.66 bits per heavy atom. The molecular formula is C33H30N2O3. The van der Waals surface area contributed by atoms with Gasteiger partial charge in [-0.25, -0.2) is 0 Å². The van der Waals surface area contributed by atoms with Gasteiger partial charge >= 0.3 is 0 Å². The Morgan fingerprint density at radius 2 is 1.84 bits per heavy atom. The van der Waals surface area contributed by atoms with E-state index in [9.17, 15) is 9.81 Å². The number of fused-ring (bicyclic) bond motifs is 3. The van der Waals surface area contributed by atoms with Crippen LogP contribution in [0.3, 0.4) is 0 Å². The normalized spacial score (nSPS) is 20.0. The van der Waals surface area contributed by atoms with Crippen LogP contribution in [0.1, 0.15) is 59.6 Å². The second-order valence-electron chi connectivity index (χ2n) is 10.4. The molecular weight excluding hydrogens is 472 g/mol. The van der Waals surface area contributed by atoms with Gasteiger partial charge in [0.15, 0.2) is 0 Å². The summed E-state index contributed by atoms with van der Waals surface area (Å²) in [5, 5.41) is 8.67. The fourth-order valence-electron chi connectivity index (χ4n) is 6.56. The topological polar surface area (TPSA) is 68.1 Å². The van der Waals surface area contributed by atoms with Gasteiger partial charge in [0.2, 0.25) is 0 Å². The molecule has 1 heterocycles. The predicted molar refractivity (Wildman–Crippen MR) is 153 cm³/mol. The summed E-state index contributed by atoms with van der Waals surface area (Å²) in [5.74, 6) is 0.896. The van der Waals surface area contributed by atoms with E-state index in [-0.39, 0.29) is 0 Å². The second kappa shape index (κ2) is 9.64. The van der Waals surface area contributed by atoms with Gasteiger partial charge in [-0.05, 0) is 111 Å². The number of hydrogen-bond acceptors (Lipinski definition) is 5. The van der Waals surface area contributed by atoms with Gasteiger partial charge in [-0.15, -0.1) is 9.81 Å². The molecule has 1 unspecified atom stereocenters. The van der Waals surface area contributed by atoms with E-state index >= 15 is 0 Å². The third-order valence-electron chi connectivity index (χ3n) is 8.34. The number of aryl methyl sites for hydroxylation is 2. The third-order valence-corrected chi connectivity index (χ3v) is 8.34. The molecule has 1 fully saturated rings. The first-order valence-corrected chi connectivity index (χ1v) is 13.4. The molecule has 0 bridgehead atoms. The molecule has 3 aromatic rings. The number of benzene rings is 3. The highest BCUT2D eigenvalue weighted by molar-refractivity contribution is 5.90. The molecule has 1 aliphatic heterocycles. The summed E-state index contributed by atoms with van der Waals surface area (Å²) in [7, 11) is 0. The van der Waals surface area contributed by atoms with E-state index in [2.05, 4.69) is 72.8 Å². The quantitative estimate of drug-likeness (QED) is 0.317. The van der Waals surface area contributed by atoms with Crippen molar-refractivity contribution in [1.82, 2.24) is 0 Å². The molecule has 1 saturated heterocycles. The maximum atomic E-state index is 11.5.